The van der Waals surface area contributed by atoms with Crippen molar-refractivity contribution in [1.29, 1.82) is 5.26 Å². The minimum absolute atomic E-state index is 0.0190. The molecule has 1 N–H and O–H groups in total. The van der Waals surface area contributed by atoms with E-state index in [1.807, 2.05) is 109 Å². The molecule has 0 bridgehead atoms. The number of carbonyl (C=O) groups is 1. The van der Waals surface area contributed by atoms with Crippen molar-refractivity contribution < 1.29 is 19.6 Å². The van der Waals surface area contributed by atoms with Crippen LogP contribution in [-0.2, 0) is 16.3 Å². The molecule has 4 aromatic carbocycles. The molecule has 8 nitrogen and oxygen atoms in total. The molecule has 0 aliphatic carbocycles. The smallest absolute Gasteiger partial charge is 0.259 e. The van der Waals surface area contributed by atoms with E-state index in [1.54, 1.807) is 4.90 Å². The molecule has 3 heterocycles. The molecule has 0 radical (unpaired) electrons. The molecule has 0 spiro atoms. The lowest BCUT2D eigenvalue weighted by Gasteiger charge is -2.30. The summed E-state index contributed by atoms with van der Waals surface area (Å²) in [4.78, 5) is 28.5. The Kier molecular flexibility index (Phi) is 6.74. The van der Waals surface area contributed by atoms with Crippen LogP contribution < -0.4 is 4.90 Å². The van der Waals surface area contributed by atoms with Crippen molar-refractivity contribution in [2.45, 2.75) is 25.2 Å². The number of rotatable bonds is 5. The number of benzene rings is 4. The summed E-state index contributed by atoms with van der Waals surface area (Å²) in [6.45, 7) is 0.279. The van der Waals surface area contributed by atoms with Crippen molar-refractivity contribution in [3.63, 3.8) is 0 Å². The zero-order chi connectivity index (χ0) is 29.5. The summed E-state index contributed by atoms with van der Waals surface area (Å²) in [6, 6.07) is 32.5. The molecule has 7 rings (SSSR count). The van der Waals surface area contributed by atoms with Gasteiger partial charge in [-0.3, -0.25) is 4.79 Å². The van der Waals surface area contributed by atoms with Gasteiger partial charge in [0.2, 0.25) is 0 Å². The first-order valence-electron chi connectivity index (χ1n) is 14.1. The minimum atomic E-state index is -0.346. The van der Waals surface area contributed by atoms with Crippen molar-refractivity contribution in [2.75, 3.05) is 18.5 Å². The van der Waals surface area contributed by atoms with E-state index in [0.29, 0.717) is 29.9 Å². The van der Waals surface area contributed by atoms with Gasteiger partial charge in [0.15, 0.2) is 11.9 Å². The summed E-state index contributed by atoms with van der Waals surface area (Å²) < 4.78 is 0. The number of oxime groups is 1. The van der Waals surface area contributed by atoms with Gasteiger partial charge in [0.25, 0.3) is 5.91 Å². The SMILES string of the molecule is CN1OC2=C(c3ccccc3N(CC3CC(c4ccc(CO)cc4)=NO3)C(=O)c3ccccc32)C1c1ccc(C#N)cc1. The normalized spacial score (nSPS) is 19.3. The summed E-state index contributed by atoms with van der Waals surface area (Å²) in [5, 5.41) is 24.9. The summed E-state index contributed by atoms with van der Waals surface area (Å²) in [5.41, 5.74) is 7.97. The third-order valence-corrected chi connectivity index (χ3v) is 8.19. The second kappa shape index (κ2) is 10.9. The maximum atomic E-state index is 14.3. The topological polar surface area (TPSA) is 98.4 Å². The number of fused-ring (bicyclic) bond motifs is 4. The molecule has 2 atom stereocenters. The third kappa shape index (κ3) is 4.65. The van der Waals surface area contributed by atoms with Gasteiger partial charge in [-0.15, -0.1) is 5.06 Å². The third-order valence-electron chi connectivity index (χ3n) is 8.19. The van der Waals surface area contributed by atoms with E-state index in [1.165, 1.54) is 0 Å². The summed E-state index contributed by atoms with van der Waals surface area (Å²) in [7, 11) is 1.89. The van der Waals surface area contributed by atoms with Crippen LogP contribution in [0.2, 0.25) is 0 Å². The fourth-order valence-corrected chi connectivity index (χ4v) is 6.08. The molecule has 4 aromatic rings. The van der Waals surface area contributed by atoms with Gasteiger partial charge >= 0.3 is 0 Å². The van der Waals surface area contributed by atoms with E-state index in [4.69, 9.17) is 9.68 Å². The Morgan fingerprint density at radius 2 is 1.63 bits per heavy atom. The number of carbonyl (C=O) groups excluding carboxylic acids is 1. The number of nitrogens with zero attached hydrogens (tertiary/aromatic N) is 4. The predicted molar refractivity (Wildman–Crippen MR) is 163 cm³/mol. The number of nitriles is 1. The molecule has 0 fully saturated rings. The molecule has 212 valence electrons. The number of amides is 1. The van der Waals surface area contributed by atoms with E-state index >= 15 is 0 Å². The number of likely N-dealkylation sites (N-methyl/N-ethyl adjacent to an activating group) is 1. The fourth-order valence-electron chi connectivity index (χ4n) is 6.08. The molecule has 0 aromatic heterocycles. The number of anilines is 1. The van der Waals surface area contributed by atoms with Crippen molar-refractivity contribution in [3.05, 3.63) is 136 Å². The van der Waals surface area contributed by atoms with Crippen LogP contribution in [0.1, 0.15) is 56.2 Å². The Balaban J connectivity index is 1.30. The Labute approximate surface area is 249 Å². The van der Waals surface area contributed by atoms with Crippen molar-refractivity contribution >= 4 is 28.6 Å². The minimum Gasteiger partial charge on any atom is -0.404 e. The molecule has 0 saturated carbocycles. The van der Waals surface area contributed by atoms with E-state index in [2.05, 4.69) is 11.2 Å². The average molecular weight is 569 g/mol. The maximum absolute atomic E-state index is 14.3. The van der Waals surface area contributed by atoms with Crippen LogP contribution in [0.4, 0.5) is 5.69 Å². The number of hydroxylamine groups is 2. The number of hydrogen-bond acceptors (Lipinski definition) is 7. The summed E-state index contributed by atoms with van der Waals surface area (Å²) in [5.74, 6) is 0.494. The van der Waals surface area contributed by atoms with Gasteiger partial charge < -0.3 is 19.7 Å². The van der Waals surface area contributed by atoms with Gasteiger partial charge in [-0.2, -0.15) is 5.26 Å². The van der Waals surface area contributed by atoms with Crippen LogP contribution >= 0.6 is 0 Å². The standard InChI is InChI=1S/C35H28N4O4/c1-38-33(25-16-10-22(19-36)11-17-25)32-29-8-4-5-9-31(29)39(35(41)28-7-3-2-6-27(28)34(32)43-38)20-26-18-30(37-42-26)24-14-12-23(21-40)13-15-24/h2-17,26,33,40H,18,20-21H2,1H3. The monoisotopic (exact) mass is 568 g/mol. The van der Waals surface area contributed by atoms with Crippen LogP contribution in [0.3, 0.4) is 0 Å². The van der Waals surface area contributed by atoms with Crippen molar-refractivity contribution in [2.24, 2.45) is 5.16 Å². The highest BCUT2D eigenvalue weighted by Crippen LogP contribution is 2.50. The lowest BCUT2D eigenvalue weighted by molar-refractivity contribution is -0.0654. The largest absolute Gasteiger partial charge is 0.404 e. The molecule has 0 saturated heterocycles. The first-order chi connectivity index (χ1) is 21.1. The summed E-state index contributed by atoms with van der Waals surface area (Å²) >= 11 is 0. The molecule has 8 heteroatoms. The lowest BCUT2D eigenvalue weighted by Crippen LogP contribution is -2.39. The first kappa shape index (κ1) is 26.7. The van der Waals surface area contributed by atoms with Crippen LogP contribution in [0.15, 0.2) is 102 Å². The number of aliphatic hydroxyl groups excluding tert-OH is 1. The average Bonchev–Trinajstić information content (AvgIpc) is 3.67. The van der Waals surface area contributed by atoms with Crippen LogP contribution in [0, 0.1) is 11.3 Å². The Hall–Kier alpha value is -5.23. The highest BCUT2D eigenvalue weighted by Gasteiger charge is 2.41. The molecule has 43 heavy (non-hydrogen) atoms. The molecular formula is C35H28N4O4. The van der Waals surface area contributed by atoms with E-state index in [9.17, 15) is 15.2 Å². The maximum Gasteiger partial charge on any atom is 0.259 e. The van der Waals surface area contributed by atoms with E-state index < -0.39 is 0 Å². The van der Waals surface area contributed by atoms with Crippen LogP contribution in [0.25, 0.3) is 11.3 Å². The highest BCUT2D eigenvalue weighted by atomic mass is 16.7. The highest BCUT2D eigenvalue weighted by molar-refractivity contribution is 6.14. The van der Waals surface area contributed by atoms with Gasteiger partial charge in [0.05, 0.1) is 47.8 Å². The number of hydrogen-bond donors (Lipinski definition) is 1. The van der Waals surface area contributed by atoms with Crippen molar-refractivity contribution in [3.8, 4) is 6.07 Å². The van der Waals surface area contributed by atoms with Gasteiger partial charge in [-0.25, -0.2) is 0 Å². The second-order valence-corrected chi connectivity index (χ2v) is 10.8. The van der Waals surface area contributed by atoms with Gasteiger partial charge in [0.1, 0.15) is 0 Å². The van der Waals surface area contributed by atoms with E-state index in [0.717, 1.165) is 44.8 Å². The zero-order valence-corrected chi connectivity index (χ0v) is 23.5. The molecule has 3 aliphatic heterocycles. The second-order valence-electron chi connectivity index (χ2n) is 10.8. The molecule has 2 unspecified atom stereocenters. The Bertz CT molecular complexity index is 1820. The molecule has 3 aliphatic rings. The Morgan fingerprint density at radius 1 is 0.930 bits per heavy atom. The van der Waals surface area contributed by atoms with Crippen LogP contribution in [0.5, 0.6) is 0 Å². The van der Waals surface area contributed by atoms with Gasteiger partial charge in [-0.05, 0) is 41.0 Å². The van der Waals surface area contributed by atoms with Crippen molar-refractivity contribution in [1.82, 2.24) is 5.06 Å². The number of para-hydroxylation sites is 1. The van der Waals surface area contributed by atoms with Gasteiger partial charge in [-0.1, -0.05) is 78.0 Å². The number of aliphatic hydroxyl groups is 1. The Morgan fingerprint density at radius 3 is 2.35 bits per heavy atom. The summed E-state index contributed by atoms with van der Waals surface area (Å²) in [6.07, 6.45) is 0.195. The molecular weight excluding hydrogens is 540 g/mol. The first-order valence-corrected chi connectivity index (χ1v) is 14.1. The van der Waals surface area contributed by atoms with Gasteiger partial charge in [0, 0.05) is 30.2 Å². The fraction of sp³-hybridized carbons (Fsp3) is 0.171. The zero-order valence-electron chi connectivity index (χ0n) is 23.5. The quantitative estimate of drug-likeness (QED) is 0.332. The molecule has 1 amide bonds. The lowest BCUT2D eigenvalue weighted by atomic mass is 9.87. The van der Waals surface area contributed by atoms with E-state index in [-0.39, 0.29) is 24.7 Å². The van der Waals surface area contributed by atoms with Crippen LogP contribution in [-0.4, -0.2) is 41.5 Å². The predicted octanol–water partition coefficient (Wildman–Crippen LogP) is 5.69.